The van der Waals surface area contributed by atoms with Gasteiger partial charge in [0.1, 0.15) is 6.04 Å². The summed E-state index contributed by atoms with van der Waals surface area (Å²) in [5.41, 5.74) is 7.62. The molecule has 0 aliphatic heterocycles. The van der Waals surface area contributed by atoms with E-state index in [1.165, 1.54) is 5.56 Å². The highest BCUT2D eigenvalue weighted by Gasteiger charge is 2.16. The fraction of sp³-hybridized carbons (Fsp3) is 0.500. The number of hydrogen-bond acceptors (Lipinski definition) is 2. The topological polar surface area (TPSA) is 55.1 Å². The van der Waals surface area contributed by atoms with Crippen molar-refractivity contribution in [2.75, 3.05) is 6.54 Å². The third kappa shape index (κ3) is 3.86. The molecule has 1 rings (SSSR count). The minimum Gasteiger partial charge on any atom is -0.368 e. The summed E-state index contributed by atoms with van der Waals surface area (Å²) in [5, 5.41) is 3.16. The van der Waals surface area contributed by atoms with Gasteiger partial charge in [0.05, 0.1) is 0 Å². The second-order valence-corrected chi connectivity index (χ2v) is 4.61. The molecule has 1 aromatic carbocycles. The molecule has 0 fully saturated rings. The van der Waals surface area contributed by atoms with Gasteiger partial charge in [-0.2, -0.15) is 0 Å². The predicted molar refractivity (Wildman–Crippen MR) is 70.8 cm³/mol. The lowest BCUT2D eigenvalue weighted by molar-refractivity contribution is -0.120. The Morgan fingerprint density at radius 2 is 1.76 bits per heavy atom. The van der Waals surface area contributed by atoms with Crippen LogP contribution >= 0.6 is 0 Å². The summed E-state index contributed by atoms with van der Waals surface area (Å²) >= 11 is 0. The first kappa shape index (κ1) is 13.7. The summed E-state index contributed by atoms with van der Waals surface area (Å²) in [7, 11) is 0. The van der Waals surface area contributed by atoms with Crippen molar-refractivity contribution in [3.8, 4) is 0 Å². The van der Waals surface area contributed by atoms with E-state index in [2.05, 4.69) is 38.2 Å². The Morgan fingerprint density at radius 1 is 1.24 bits per heavy atom. The molecule has 0 aliphatic carbocycles. The summed E-state index contributed by atoms with van der Waals surface area (Å²) in [5.74, 6) is 0.176. The molecule has 94 valence electrons. The molecule has 3 heteroatoms. The molecule has 3 nitrogen and oxygen atoms in total. The van der Waals surface area contributed by atoms with E-state index in [0.29, 0.717) is 5.92 Å². The summed E-state index contributed by atoms with van der Waals surface area (Å²) < 4.78 is 0. The van der Waals surface area contributed by atoms with Crippen molar-refractivity contribution < 1.29 is 4.79 Å². The lowest BCUT2D eigenvalue weighted by Crippen LogP contribution is -2.34. The fourth-order valence-electron chi connectivity index (χ4n) is 1.74. The molecule has 0 aliphatic rings. The Hall–Kier alpha value is -1.35. The normalized spacial score (nSPS) is 12.7. The lowest BCUT2D eigenvalue weighted by atomic mass is 9.99. The average molecular weight is 234 g/mol. The number of amides is 1. The van der Waals surface area contributed by atoms with Gasteiger partial charge < -0.3 is 11.1 Å². The van der Waals surface area contributed by atoms with Gasteiger partial charge in [0.15, 0.2) is 0 Å². The fourth-order valence-corrected chi connectivity index (χ4v) is 1.74. The molecular formula is C14H22N2O. The Bertz CT molecular complexity index is 357. The molecule has 1 unspecified atom stereocenters. The molecule has 1 aromatic rings. The van der Waals surface area contributed by atoms with Gasteiger partial charge in [-0.1, -0.05) is 45.0 Å². The quantitative estimate of drug-likeness (QED) is 0.793. The maximum absolute atomic E-state index is 11.4. The minimum atomic E-state index is -0.379. The Balaban J connectivity index is 2.83. The second-order valence-electron chi connectivity index (χ2n) is 4.61. The number of carbonyl (C=O) groups is 1. The maximum atomic E-state index is 11.4. The van der Waals surface area contributed by atoms with Crippen LogP contribution in [0.25, 0.3) is 0 Å². The molecule has 17 heavy (non-hydrogen) atoms. The first-order valence-electron chi connectivity index (χ1n) is 6.18. The predicted octanol–water partition coefficient (Wildman–Crippen LogP) is 2.34. The summed E-state index contributed by atoms with van der Waals surface area (Å²) in [4.78, 5) is 11.4. The van der Waals surface area contributed by atoms with E-state index in [-0.39, 0.29) is 11.9 Å². The first-order valence-corrected chi connectivity index (χ1v) is 6.18. The highest BCUT2D eigenvalue weighted by atomic mass is 16.1. The monoisotopic (exact) mass is 234 g/mol. The van der Waals surface area contributed by atoms with Crippen molar-refractivity contribution in [3.63, 3.8) is 0 Å². The second kappa shape index (κ2) is 6.40. The molecule has 0 spiro atoms. The van der Waals surface area contributed by atoms with E-state index in [9.17, 15) is 4.79 Å². The van der Waals surface area contributed by atoms with E-state index in [0.717, 1.165) is 18.5 Å². The number of hydrogen-bond donors (Lipinski definition) is 2. The number of carbonyl (C=O) groups excluding carboxylic acids is 1. The van der Waals surface area contributed by atoms with Crippen LogP contribution in [0.1, 0.15) is 50.3 Å². The van der Waals surface area contributed by atoms with Crippen LogP contribution in [0.2, 0.25) is 0 Å². The van der Waals surface area contributed by atoms with Crippen molar-refractivity contribution in [1.29, 1.82) is 0 Å². The van der Waals surface area contributed by atoms with Crippen LogP contribution < -0.4 is 11.1 Å². The zero-order valence-corrected chi connectivity index (χ0v) is 10.9. The highest BCUT2D eigenvalue weighted by molar-refractivity contribution is 5.81. The van der Waals surface area contributed by atoms with Crippen LogP contribution in [0.5, 0.6) is 0 Å². The molecule has 3 N–H and O–H groups in total. The molecule has 0 saturated heterocycles. The van der Waals surface area contributed by atoms with E-state index < -0.39 is 0 Å². The van der Waals surface area contributed by atoms with Crippen molar-refractivity contribution in [3.05, 3.63) is 35.4 Å². The summed E-state index contributed by atoms with van der Waals surface area (Å²) in [6.45, 7) is 7.15. The van der Waals surface area contributed by atoms with E-state index >= 15 is 0 Å². The molecule has 1 amide bonds. The van der Waals surface area contributed by atoms with Crippen molar-refractivity contribution >= 4 is 5.91 Å². The van der Waals surface area contributed by atoms with Gasteiger partial charge in [-0.05, 0) is 30.0 Å². The number of rotatable bonds is 6. The Kier molecular flexibility index (Phi) is 5.16. The van der Waals surface area contributed by atoms with Crippen LogP contribution in [0.3, 0.4) is 0 Å². The van der Waals surface area contributed by atoms with Crippen molar-refractivity contribution in [1.82, 2.24) is 5.32 Å². The standard InChI is InChI=1S/C14H22N2O/c1-4-9-16-13(14(15)17)12-7-5-11(6-8-12)10(2)3/h5-8,10,13,16H,4,9H2,1-3H3,(H2,15,17). The molecule has 0 aromatic heterocycles. The third-order valence-corrected chi connectivity index (χ3v) is 2.82. The molecule has 0 heterocycles. The van der Waals surface area contributed by atoms with Gasteiger partial charge in [0, 0.05) is 0 Å². The van der Waals surface area contributed by atoms with E-state index in [4.69, 9.17) is 5.73 Å². The van der Waals surface area contributed by atoms with Gasteiger partial charge >= 0.3 is 0 Å². The summed E-state index contributed by atoms with van der Waals surface area (Å²) in [6, 6.07) is 7.70. The zero-order chi connectivity index (χ0) is 12.8. The van der Waals surface area contributed by atoms with Gasteiger partial charge in [-0.3, -0.25) is 4.79 Å². The van der Waals surface area contributed by atoms with Crippen LogP contribution in [-0.4, -0.2) is 12.5 Å². The maximum Gasteiger partial charge on any atom is 0.239 e. The largest absolute Gasteiger partial charge is 0.368 e. The molecule has 0 saturated carbocycles. The number of nitrogens with one attached hydrogen (secondary N) is 1. The molecule has 0 bridgehead atoms. The first-order chi connectivity index (χ1) is 8.06. The SMILES string of the molecule is CCCNC(C(N)=O)c1ccc(C(C)C)cc1. The molecular weight excluding hydrogens is 212 g/mol. The van der Waals surface area contributed by atoms with Gasteiger partial charge in [0.25, 0.3) is 0 Å². The van der Waals surface area contributed by atoms with Crippen molar-refractivity contribution in [2.45, 2.75) is 39.2 Å². The van der Waals surface area contributed by atoms with Crippen LogP contribution in [0.15, 0.2) is 24.3 Å². The summed E-state index contributed by atoms with van der Waals surface area (Å²) in [6.07, 6.45) is 0.980. The lowest BCUT2D eigenvalue weighted by Gasteiger charge is -2.16. The minimum absolute atomic E-state index is 0.323. The van der Waals surface area contributed by atoms with Crippen molar-refractivity contribution in [2.24, 2.45) is 5.73 Å². The number of nitrogens with two attached hydrogens (primary N) is 1. The highest BCUT2D eigenvalue weighted by Crippen LogP contribution is 2.18. The number of benzene rings is 1. The molecule has 1 atom stereocenters. The zero-order valence-electron chi connectivity index (χ0n) is 10.9. The smallest absolute Gasteiger partial charge is 0.239 e. The Labute approximate surface area is 103 Å². The molecule has 0 radical (unpaired) electrons. The van der Waals surface area contributed by atoms with E-state index in [1.54, 1.807) is 0 Å². The van der Waals surface area contributed by atoms with E-state index in [1.807, 2.05) is 12.1 Å². The van der Waals surface area contributed by atoms with Gasteiger partial charge in [-0.25, -0.2) is 0 Å². The van der Waals surface area contributed by atoms with Gasteiger partial charge in [-0.15, -0.1) is 0 Å². The van der Waals surface area contributed by atoms with Crippen LogP contribution in [0.4, 0.5) is 0 Å². The van der Waals surface area contributed by atoms with Crippen LogP contribution in [0, 0.1) is 0 Å². The Morgan fingerprint density at radius 3 is 2.18 bits per heavy atom. The van der Waals surface area contributed by atoms with Crippen LogP contribution in [-0.2, 0) is 4.79 Å². The number of primary amides is 1. The third-order valence-electron chi connectivity index (χ3n) is 2.82. The van der Waals surface area contributed by atoms with Gasteiger partial charge in [0.2, 0.25) is 5.91 Å². The average Bonchev–Trinajstić information content (AvgIpc) is 2.29.